The van der Waals surface area contributed by atoms with Crippen LogP contribution >= 0.6 is 11.3 Å². The molecule has 1 saturated heterocycles. The highest BCUT2D eigenvalue weighted by Crippen LogP contribution is 2.15. The molecule has 2 atom stereocenters. The van der Waals surface area contributed by atoms with E-state index in [1.807, 2.05) is 16.8 Å². The highest BCUT2D eigenvalue weighted by Gasteiger charge is 2.17. The molecule has 0 radical (unpaired) electrons. The Labute approximate surface area is 110 Å². The van der Waals surface area contributed by atoms with Gasteiger partial charge in [-0.05, 0) is 22.4 Å². The first kappa shape index (κ1) is 13.5. The van der Waals surface area contributed by atoms with E-state index in [9.17, 15) is 9.90 Å². The smallest absolute Gasteiger partial charge is 0.221 e. The summed E-state index contributed by atoms with van der Waals surface area (Å²) in [5, 5.41) is 19.6. The van der Waals surface area contributed by atoms with Crippen LogP contribution in [-0.4, -0.2) is 43.4 Å². The second kappa shape index (κ2) is 6.84. The van der Waals surface area contributed by atoms with Crippen molar-refractivity contribution < 1.29 is 14.6 Å². The van der Waals surface area contributed by atoms with Gasteiger partial charge in [0.1, 0.15) is 0 Å². The zero-order valence-electron chi connectivity index (χ0n) is 10.1. The highest BCUT2D eigenvalue weighted by molar-refractivity contribution is 7.07. The summed E-state index contributed by atoms with van der Waals surface area (Å²) < 4.78 is 5.28. The number of nitrogens with one attached hydrogen (secondary N) is 2. The van der Waals surface area contributed by atoms with Crippen LogP contribution in [0.15, 0.2) is 16.8 Å². The van der Waals surface area contributed by atoms with Crippen molar-refractivity contribution in [2.24, 2.45) is 0 Å². The lowest BCUT2D eigenvalue weighted by atomic mass is 10.1. The number of ether oxygens (including phenoxy) is 1. The summed E-state index contributed by atoms with van der Waals surface area (Å²) in [5.41, 5.74) is 0.847. The molecule has 18 heavy (non-hydrogen) atoms. The standard InChI is InChI=1S/C12H18N2O3S/c15-11(9-1-4-18-8-9)6-14-12(16)5-10-7-17-3-2-13-10/h1,4,8,10-11,13,15H,2-3,5-7H2,(H,14,16). The molecule has 6 heteroatoms. The summed E-state index contributed by atoms with van der Waals surface area (Å²) in [7, 11) is 0. The van der Waals surface area contributed by atoms with Crippen LogP contribution in [0.1, 0.15) is 18.1 Å². The molecule has 0 aliphatic carbocycles. The summed E-state index contributed by atoms with van der Waals surface area (Å²) >= 11 is 1.53. The molecule has 1 amide bonds. The molecular formula is C12H18N2O3S. The van der Waals surface area contributed by atoms with E-state index in [1.54, 1.807) is 0 Å². The largest absolute Gasteiger partial charge is 0.387 e. The number of carbonyl (C=O) groups is 1. The third-order valence-electron chi connectivity index (χ3n) is 2.85. The monoisotopic (exact) mass is 270 g/mol. The Hall–Kier alpha value is -0.950. The molecule has 2 rings (SSSR count). The van der Waals surface area contributed by atoms with Gasteiger partial charge >= 0.3 is 0 Å². The number of amides is 1. The summed E-state index contributed by atoms with van der Waals surface area (Å²) in [4.78, 5) is 11.7. The lowest BCUT2D eigenvalue weighted by molar-refractivity contribution is -0.122. The minimum atomic E-state index is -0.629. The van der Waals surface area contributed by atoms with E-state index < -0.39 is 6.10 Å². The second-order valence-corrected chi connectivity index (χ2v) is 5.09. The number of carbonyl (C=O) groups excluding carboxylic acids is 1. The van der Waals surface area contributed by atoms with Crippen molar-refractivity contribution in [1.29, 1.82) is 0 Å². The minimum absolute atomic E-state index is 0.0627. The Bertz CT molecular complexity index is 363. The predicted octanol–water partition coefficient (Wildman–Crippen LogP) is 0.276. The average Bonchev–Trinajstić information content (AvgIpc) is 2.91. The number of aliphatic hydroxyl groups is 1. The van der Waals surface area contributed by atoms with Crippen LogP contribution in [0.25, 0.3) is 0 Å². The quantitative estimate of drug-likeness (QED) is 0.718. The van der Waals surface area contributed by atoms with E-state index in [2.05, 4.69) is 10.6 Å². The van der Waals surface area contributed by atoms with Crippen LogP contribution in [0.4, 0.5) is 0 Å². The van der Waals surface area contributed by atoms with Crippen LogP contribution in [0.2, 0.25) is 0 Å². The molecule has 1 aliphatic rings. The van der Waals surface area contributed by atoms with Crippen molar-refractivity contribution in [3.05, 3.63) is 22.4 Å². The lowest BCUT2D eigenvalue weighted by Crippen LogP contribution is -2.44. The summed E-state index contributed by atoms with van der Waals surface area (Å²) in [6.45, 7) is 2.31. The Kier molecular flexibility index (Phi) is 5.12. The fourth-order valence-corrected chi connectivity index (χ4v) is 2.55. The average molecular weight is 270 g/mol. The molecule has 1 fully saturated rings. The molecule has 2 unspecified atom stereocenters. The third kappa shape index (κ3) is 4.06. The van der Waals surface area contributed by atoms with Crippen molar-refractivity contribution in [3.8, 4) is 0 Å². The zero-order valence-corrected chi connectivity index (χ0v) is 10.9. The van der Waals surface area contributed by atoms with Gasteiger partial charge in [0, 0.05) is 25.6 Å². The highest BCUT2D eigenvalue weighted by atomic mass is 32.1. The molecule has 100 valence electrons. The van der Waals surface area contributed by atoms with Gasteiger partial charge in [-0.3, -0.25) is 4.79 Å². The van der Waals surface area contributed by atoms with Gasteiger partial charge in [0.25, 0.3) is 0 Å². The molecule has 0 bridgehead atoms. The van der Waals surface area contributed by atoms with E-state index in [4.69, 9.17) is 4.74 Å². The SMILES string of the molecule is O=C(CC1COCCN1)NCC(O)c1ccsc1. The number of hydrogen-bond acceptors (Lipinski definition) is 5. The van der Waals surface area contributed by atoms with E-state index in [0.717, 1.165) is 12.1 Å². The van der Waals surface area contributed by atoms with Crippen molar-refractivity contribution >= 4 is 17.2 Å². The van der Waals surface area contributed by atoms with Crippen LogP contribution < -0.4 is 10.6 Å². The first-order chi connectivity index (χ1) is 8.75. The summed E-state index contributed by atoms with van der Waals surface area (Å²) in [6.07, 6.45) is -0.244. The predicted molar refractivity (Wildman–Crippen MR) is 69.5 cm³/mol. The number of thiophene rings is 1. The number of hydrogen-bond donors (Lipinski definition) is 3. The van der Waals surface area contributed by atoms with Crippen LogP contribution in [0, 0.1) is 0 Å². The van der Waals surface area contributed by atoms with Gasteiger partial charge in [0.2, 0.25) is 5.91 Å². The van der Waals surface area contributed by atoms with Gasteiger partial charge in [-0.25, -0.2) is 0 Å². The number of aliphatic hydroxyl groups excluding tert-OH is 1. The maximum atomic E-state index is 11.7. The first-order valence-electron chi connectivity index (χ1n) is 6.03. The molecule has 0 aromatic carbocycles. The van der Waals surface area contributed by atoms with Crippen LogP contribution in [0.5, 0.6) is 0 Å². The van der Waals surface area contributed by atoms with Crippen LogP contribution in [0.3, 0.4) is 0 Å². The zero-order chi connectivity index (χ0) is 12.8. The fraction of sp³-hybridized carbons (Fsp3) is 0.583. The Morgan fingerprint density at radius 1 is 1.72 bits per heavy atom. The molecule has 0 spiro atoms. The normalized spacial score (nSPS) is 21.5. The Morgan fingerprint density at radius 2 is 2.61 bits per heavy atom. The van der Waals surface area contributed by atoms with Crippen LogP contribution in [-0.2, 0) is 9.53 Å². The van der Waals surface area contributed by atoms with E-state index in [1.165, 1.54) is 11.3 Å². The molecule has 1 aromatic rings. The second-order valence-electron chi connectivity index (χ2n) is 4.31. The number of rotatable bonds is 5. The first-order valence-corrected chi connectivity index (χ1v) is 6.98. The summed E-state index contributed by atoms with van der Waals surface area (Å²) in [6, 6.07) is 1.94. The van der Waals surface area contributed by atoms with Gasteiger partial charge in [0.15, 0.2) is 0 Å². The van der Waals surface area contributed by atoms with E-state index >= 15 is 0 Å². The number of morpholine rings is 1. The topological polar surface area (TPSA) is 70.6 Å². The molecule has 5 nitrogen and oxygen atoms in total. The minimum Gasteiger partial charge on any atom is -0.387 e. The van der Waals surface area contributed by atoms with Gasteiger partial charge in [0.05, 0.1) is 19.3 Å². The Balaban J connectivity index is 1.68. The lowest BCUT2D eigenvalue weighted by Gasteiger charge is -2.23. The van der Waals surface area contributed by atoms with Crippen molar-refractivity contribution in [2.45, 2.75) is 18.6 Å². The molecule has 1 aliphatic heterocycles. The van der Waals surface area contributed by atoms with E-state index in [-0.39, 0.29) is 18.5 Å². The maximum Gasteiger partial charge on any atom is 0.221 e. The summed E-state index contributed by atoms with van der Waals surface area (Å²) in [5.74, 6) is -0.0627. The van der Waals surface area contributed by atoms with Gasteiger partial charge < -0.3 is 20.5 Å². The van der Waals surface area contributed by atoms with Crippen molar-refractivity contribution in [1.82, 2.24) is 10.6 Å². The molecule has 3 N–H and O–H groups in total. The van der Waals surface area contributed by atoms with E-state index in [0.29, 0.717) is 19.6 Å². The molecular weight excluding hydrogens is 252 g/mol. The molecule has 2 heterocycles. The van der Waals surface area contributed by atoms with Gasteiger partial charge in [-0.15, -0.1) is 0 Å². The molecule has 0 saturated carbocycles. The van der Waals surface area contributed by atoms with Gasteiger partial charge in [-0.1, -0.05) is 0 Å². The molecule has 1 aromatic heterocycles. The third-order valence-corrected chi connectivity index (χ3v) is 3.55. The van der Waals surface area contributed by atoms with Crippen molar-refractivity contribution in [3.63, 3.8) is 0 Å². The van der Waals surface area contributed by atoms with Gasteiger partial charge in [-0.2, -0.15) is 11.3 Å². The van der Waals surface area contributed by atoms with Crippen molar-refractivity contribution in [2.75, 3.05) is 26.3 Å². The Morgan fingerprint density at radius 3 is 3.28 bits per heavy atom. The maximum absolute atomic E-state index is 11.7. The fourth-order valence-electron chi connectivity index (χ4n) is 1.84.